The van der Waals surface area contributed by atoms with Crippen LogP contribution in [0, 0.1) is 0 Å². The lowest BCUT2D eigenvalue weighted by Crippen LogP contribution is -2.35. The van der Waals surface area contributed by atoms with Crippen LogP contribution < -0.4 is 4.72 Å². The third-order valence-electron chi connectivity index (χ3n) is 1.95. The summed E-state index contributed by atoms with van der Waals surface area (Å²) in [5, 5.41) is 8.65. The van der Waals surface area contributed by atoms with Crippen molar-refractivity contribution in [2.45, 2.75) is 29.8 Å². The molecule has 1 unspecified atom stereocenters. The number of hydrogen-bond donors (Lipinski definition) is 2. The second-order valence-electron chi connectivity index (χ2n) is 3.77. The predicted molar refractivity (Wildman–Crippen MR) is 61.7 cm³/mol. The third-order valence-corrected chi connectivity index (χ3v) is 5.11. The van der Waals surface area contributed by atoms with Crippen LogP contribution in [0.1, 0.15) is 23.0 Å². The fourth-order valence-corrected chi connectivity index (χ4v) is 3.70. The van der Waals surface area contributed by atoms with Gasteiger partial charge < -0.3 is 5.11 Å². The van der Waals surface area contributed by atoms with Gasteiger partial charge in [-0.25, -0.2) is 17.9 Å². The number of alkyl halides is 3. The first kappa shape index (κ1) is 15.9. The van der Waals surface area contributed by atoms with Crippen LogP contribution in [0.3, 0.4) is 0 Å². The fraction of sp³-hybridized carbons (Fsp3) is 0.444. The zero-order chi connectivity index (χ0) is 14.8. The molecule has 10 heteroatoms. The molecule has 1 heterocycles. The van der Waals surface area contributed by atoms with E-state index < -0.39 is 34.6 Å². The zero-order valence-corrected chi connectivity index (χ0v) is 11.2. The van der Waals surface area contributed by atoms with Gasteiger partial charge in [-0.3, -0.25) is 0 Å². The Hall–Kier alpha value is -1.13. The van der Waals surface area contributed by atoms with Crippen molar-refractivity contribution in [2.24, 2.45) is 0 Å². The van der Waals surface area contributed by atoms with Crippen LogP contribution in [0.4, 0.5) is 13.2 Å². The number of thiophene rings is 1. The van der Waals surface area contributed by atoms with Gasteiger partial charge in [-0.15, -0.1) is 11.3 Å². The van der Waals surface area contributed by atoms with Gasteiger partial charge in [-0.05, 0) is 19.1 Å². The van der Waals surface area contributed by atoms with Crippen molar-refractivity contribution in [3.8, 4) is 0 Å². The SMILES string of the molecule is CC(CC(F)(F)F)NS(=O)(=O)c1ccc(C(=O)O)s1. The molecule has 1 aromatic rings. The van der Waals surface area contributed by atoms with Crippen molar-refractivity contribution >= 4 is 27.3 Å². The Morgan fingerprint density at radius 2 is 2.05 bits per heavy atom. The summed E-state index contributed by atoms with van der Waals surface area (Å²) in [6.45, 7) is 1.08. The highest BCUT2D eigenvalue weighted by Gasteiger charge is 2.32. The van der Waals surface area contributed by atoms with E-state index in [1.165, 1.54) is 0 Å². The quantitative estimate of drug-likeness (QED) is 0.871. The van der Waals surface area contributed by atoms with Crippen molar-refractivity contribution in [3.63, 3.8) is 0 Å². The summed E-state index contributed by atoms with van der Waals surface area (Å²) in [4.78, 5) is 10.4. The summed E-state index contributed by atoms with van der Waals surface area (Å²) >= 11 is 0.477. The Bertz CT molecular complexity index is 564. The van der Waals surface area contributed by atoms with Gasteiger partial charge in [-0.1, -0.05) is 0 Å². The second kappa shape index (κ2) is 5.47. The molecule has 0 aliphatic rings. The van der Waals surface area contributed by atoms with Crippen LogP contribution in [-0.4, -0.2) is 31.7 Å². The molecule has 0 aliphatic carbocycles. The molecule has 0 saturated heterocycles. The maximum atomic E-state index is 12.1. The van der Waals surface area contributed by atoms with Gasteiger partial charge in [0.05, 0.1) is 6.42 Å². The summed E-state index contributed by atoms with van der Waals surface area (Å²) in [7, 11) is -4.14. The van der Waals surface area contributed by atoms with Gasteiger partial charge in [-0.2, -0.15) is 13.2 Å². The molecule has 0 fully saturated rings. The number of nitrogens with one attached hydrogen (secondary N) is 1. The van der Waals surface area contributed by atoms with Crippen LogP contribution in [0.2, 0.25) is 0 Å². The fourth-order valence-electron chi connectivity index (χ4n) is 1.29. The predicted octanol–water partition coefficient (Wildman–Crippen LogP) is 2.07. The lowest BCUT2D eigenvalue weighted by Gasteiger charge is -2.15. The first-order valence-electron chi connectivity index (χ1n) is 4.93. The zero-order valence-electron chi connectivity index (χ0n) is 9.56. The average molecular weight is 317 g/mol. The van der Waals surface area contributed by atoms with Crippen molar-refractivity contribution < 1.29 is 31.5 Å². The summed E-state index contributed by atoms with van der Waals surface area (Å²) in [5.74, 6) is -1.30. The molecular weight excluding hydrogens is 307 g/mol. The van der Waals surface area contributed by atoms with Crippen molar-refractivity contribution in [2.75, 3.05) is 0 Å². The minimum Gasteiger partial charge on any atom is -0.477 e. The Morgan fingerprint density at radius 1 is 1.47 bits per heavy atom. The van der Waals surface area contributed by atoms with Gasteiger partial charge in [0.25, 0.3) is 0 Å². The molecule has 5 nitrogen and oxygen atoms in total. The number of rotatable bonds is 5. The largest absolute Gasteiger partial charge is 0.477 e. The molecule has 1 atom stereocenters. The molecule has 0 saturated carbocycles. The maximum absolute atomic E-state index is 12.1. The molecule has 1 rings (SSSR count). The molecule has 2 N–H and O–H groups in total. The Kier molecular flexibility index (Phi) is 4.59. The number of hydrogen-bond acceptors (Lipinski definition) is 4. The molecule has 0 spiro atoms. The molecule has 108 valence electrons. The van der Waals surface area contributed by atoms with Crippen molar-refractivity contribution in [1.29, 1.82) is 0 Å². The summed E-state index contributed by atoms with van der Waals surface area (Å²) in [5.41, 5.74) is 0. The molecular formula is C9H10F3NO4S2. The monoisotopic (exact) mass is 317 g/mol. The van der Waals surface area contributed by atoms with E-state index >= 15 is 0 Å². The van der Waals surface area contributed by atoms with E-state index in [4.69, 9.17) is 5.11 Å². The van der Waals surface area contributed by atoms with E-state index in [9.17, 15) is 26.4 Å². The molecule has 1 aromatic heterocycles. The first-order chi connectivity index (χ1) is 8.51. The molecule has 0 bridgehead atoms. The highest BCUT2D eigenvalue weighted by molar-refractivity contribution is 7.91. The van der Waals surface area contributed by atoms with Crippen LogP contribution in [0.15, 0.2) is 16.3 Å². The second-order valence-corrected chi connectivity index (χ2v) is 6.79. The Morgan fingerprint density at radius 3 is 2.47 bits per heavy atom. The van der Waals surface area contributed by atoms with E-state index in [1.807, 2.05) is 4.72 Å². The molecule has 0 aromatic carbocycles. The van der Waals surface area contributed by atoms with Gasteiger partial charge in [0, 0.05) is 6.04 Å². The maximum Gasteiger partial charge on any atom is 0.390 e. The first-order valence-corrected chi connectivity index (χ1v) is 7.23. The van der Waals surface area contributed by atoms with Gasteiger partial charge >= 0.3 is 12.1 Å². The number of carbonyl (C=O) groups is 1. The number of carboxylic acids is 1. The molecule has 0 amide bonds. The Balaban J connectivity index is 2.83. The smallest absolute Gasteiger partial charge is 0.390 e. The minimum atomic E-state index is -4.48. The third kappa shape index (κ3) is 4.80. The van der Waals surface area contributed by atoms with Crippen LogP contribution in [0.5, 0.6) is 0 Å². The highest BCUT2D eigenvalue weighted by atomic mass is 32.2. The van der Waals surface area contributed by atoms with E-state index in [0.717, 1.165) is 19.1 Å². The van der Waals surface area contributed by atoms with E-state index in [1.54, 1.807) is 0 Å². The lowest BCUT2D eigenvalue weighted by atomic mass is 10.2. The Labute approximate surface area is 111 Å². The highest BCUT2D eigenvalue weighted by Crippen LogP contribution is 2.24. The van der Waals surface area contributed by atoms with Crippen molar-refractivity contribution in [3.05, 3.63) is 17.0 Å². The van der Waals surface area contributed by atoms with Gasteiger partial charge in [0.1, 0.15) is 9.09 Å². The number of carboxylic acid groups (broad SMARTS) is 1. The molecule has 0 aliphatic heterocycles. The van der Waals surface area contributed by atoms with Gasteiger partial charge in [0.15, 0.2) is 0 Å². The number of sulfonamides is 1. The minimum absolute atomic E-state index is 0.205. The summed E-state index contributed by atoms with van der Waals surface area (Å²) in [6.07, 6.45) is -5.78. The molecule has 19 heavy (non-hydrogen) atoms. The number of aromatic carboxylic acids is 1. The van der Waals surface area contributed by atoms with E-state index in [-0.39, 0.29) is 9.09 Å². The normalized spacial score (nSPS) is 14.3. The van der Waals surface area contributed by atoms with Gasteiger partial charge in [0.2, 0.25) is 10.0 Å². The summed E-state index contributed by atoms with van der Waals surface area (Å²) < 4.78 is 61.2. The van der Waals surface area contributed by atoms with Crippen molar-refractivity contribution in [1.82, 2.24) is 4.72 Å². The van der Waals surface area contributed by atoms with E-state index in [0.29, 0.717) is 11.3 Å². The standard InChI is InChI=1S/C9H10F3NO4S2/c1-5(4-9(10,11)12)13-19(16,17)7-3-2-6(18-7)8(14)15/h2-3,5,13H,4H2,1H3,(H,14,15). The van der Waals surface area contributed by atoms with E-state index in [2.05, 4.69) is 0 Å². The van der Waals surface area contributed by atoms with Crippen LogP contribution in [-0.2, 0) is 10.0 Å². The summed E-state index contributed by atoms with van der Waals surface area (Å²) in [6, 6.07) is 0.785. The average Bonchev–Trinajstić information content (AvgIpc) is 2.61. The topological polar surface area (TPSA) is 83.5 Å². The molecule has 0 radical (unpaired) electrons. The number of halogens is 3. The van der Waals surface area contributed by atoms with Crippen LogP contribution >= 0.6 is 11.3 Å². The lowest BCUT2D eigenvalue weighted by molar-refractivity contribution is -0.137. The van der Waals surface area contributed by atoms with Crippen LogP contribution in [0.25, 0.3) is 0 Å².